The first-order valence-corrected chi connectivity index (χ1v) is 12.5. The number of thioether (sulfide) groups is 1. The molecule has 1 fully saturated rings. The number of fused-ring (bicyclic) bond motifs is 1. The molecular weight excluding hydrogens is 474 g/mol. The summed E-state index contributed by atoms with van der Waals surface area (Å²) in [4.78, 5) is 15.3. The molecule has 1 heterocycles. The molecule has 4 aromatic rings. The lowest BCUT2D eigenvalue weighted by atomic mass is 10.1. The van der Waals surface area contributed by atoms with E-state index >= 15 is 0 Å². The average molecular weight is 498 g/mol. The molecule has 1 aliphatic heterocycles. The maximum atomic E-state index is 13.2. The number of nitrogens with zero attached hydrogens (tertiary/aromatic N) is 1. The van der Waals surface area contributed by atoms with Gasteiger partial charge in [-0.15, -0.1) is 0 Å². The van der Waals surface area contributed by atoms with Crippen molar-refractivity contribution in [2.45, 2.75) is 13.5 Å². The molecule has 5 rings (SSSR count). The van der Waals surface area contributed by atoms with Gasteiger partial charge in [-0.25, -0.2) is 0 Å². The van der Waals surface area contributed by atoms with Gasteiger partial charge in [0.05, 0.1) is 17.2 Å². The van der Waals surface area contributed by atoms with Crippen LogP contribution in [0.1, 0.15) is 18.1 Å². The van der Waals surface area contributed by atoms with Gasteiger partial charge in [-0.05, 0) is 65.7 Å². The molecule has 1 aliphatic rings. The Kier molecular flexibility index (Phi) is 6.84. The van der Waals surface area contributed by atoms with E-state index in [4.69, 9.17) is 21.7 Å². The van der Waals surface area contributed by atoms with Crippen LogP contribution in [0.2, 0.25) is 0 Å². The number of hydrogen-bond acceptors (Lipinski definition) is 5. The third-order valence-electron chi connectivity index (χ3n) is 5.61. The summed E-state index contributed by atoms with van der Waals surface area (Å²) < 4.78 is 12.2. The Morgan fingerprint density at radius 3 is 2.43 bits per heavy atom. The van der Waals surface area contributed by atoms with E-state index in [0.717, 1.165) is 22.6 Å². The second kappa shape index (κ2) is 10.3. The summed E-state index contributed by atoms with van der Waals surface area (Å²) in [6.45, 7) is 2.96. The number of para-hydroxylation sites is 1. The van der Waals surface area contributed by atoms with Crippen molar-refractivity contribution in [3.05, 3.63) is 107 Å². The number of rotatable bonds is 7. The molecular formula is C29H23NO3S2. The second-order valence-corrected chi connectivity index (χ2v) is 9.63. The van der Waals surface area contributed by atoms with Crippen LogP contribution >= 0.6 is 24.0 Å². The minimum absolute atomic E-state index is 0.145. The van der Waals surface area contributed by atoms with Crippen molar-refractivity contribution in [3.8, 4) is 11.5 Å². The first kappa shape index (κ1) is 23.1. The summed E-state index contributed by atoms with van der Waals surface area (Å²) in [5, 5.41) is 2.38. The van der Waals surface area contributed by atoms with Crippen LogP contribution in [0, 0.1) is 0 Å². The fourth-order valence-corrected chi connectivity index (χ4v) is 5.20. The van der Waals surface area contributed by atoms with Gasteiger partial charge >= 0.3 is 0 Å². The molecule has 0 aliphatic carbocycles. The highest BCUT2D eigenvalue weighted by atomic mass is 32.2. The van der Waals surface area contributed by atoms with Gasteiger partial charge in [0.1, 0.15) is 18.1 Å². The number of benzene rings is 4. The smallest absolute Gasteiger partial charge is 0.270 e. The summed E-state index contributed by atoms with van der Waals surface area (Å²) in [5.41, 5.74) is 2.64. The predicted molar refractivity (Wildman–Crippen MR) is 148 cm³/mol. The SMILES string of the molecule is CCOc1ccc(N2C(=O)/C(=C/c3ccccc3OCc3ccc4ccccc4c3)SC2=S)cc1. The van der Waals surface area contributed by atoms with E-state index in [9.17, 15) is 4.79 Å². The molecule has 35 heavy (non-hydrogen) atoms. The first-order chi connectivity index (χ1) is 17.1. The Morgan fingerprint density at radius 2 is 1.63 bits per heavy atom. The zero-order chi connectivity index (χ0) is 24.2. The van der Waals surface area contributed by atoms with E-state index in [0.29, 0.717) is 28.2 Å². The summed E-state index contributed by atoms with van der Waals surface area (Å²) in [7, 11) is 0. The van der Waals surface area contributed by atoms with E-state index in [1.165, 1.54) is 22.5 Å². The number of ether oxygens (including phenoxy) is 2. The molecule has 0 aromatic heterocycles. The van der Waals surface area contributed by atoms with Gasteiger partial charge in [0.25, 0.3) is 5.91 Å². The van der Waals surface area contributed by atoms with Crippen LogP contribution < -0.4 is 14.4 Å². The van der Waals surface area contributed by atoms with Crippen LogP contribution in [-0.2, 0) is 11.4 Å². The number of anilines is 1. The monoisotopic (exact) mass is 497 g/mol. The number of thiocarbonyl (C=S) groups is 1. The lowest BCUT2D eigenvalue weighted by Gasteiger charge is -2.15. The van der Waals surface area contributed by atoms with Gasteiger partial charge in [0.2, 0.25) is 0 Å². The molecule has 0 radical (unpaired) electrons. The highest BCUT2D eigenvalue weighted by Crippen LogP contribution is 2.37. The maximum absolute atomic E-state index is 13.2. The van der Waals surface area contributed by atoms with Crippen LogP contribution in [0.15, 0.2) is 95.9 Å². The van der Waals surface area contributed by atoms with E-state index in [1.807, 2.05) is 73.7 Å². The predicted octanol–water partition coefficient (Wildman–Crippen LogP) is 7.22. The Morgan fingerprint density at radius 1 is 0.886 bits per heavy atom. The molecule has 0 unspecified atom stereocenters. The number of carbonyl (C=O) groups is 1. The highest BCUT2D eigenvalue weighted by Gasteiger charge is 2.33. The van der Waals surface area contributed by atoms with E-state index in [-0.39, 0.29) is 5.91 Å². The van der Waals surface area contributed by atoms with Gasteiger partial charge in [-0.3, -0.25) is 9.69 Å². The van der Waals surface area contributed by atoms with Crippen molar-refractivity contribution in [1.82, 2.24) is 0 Å². The van der Waals surface area contributed by atoms with Crippen molar-refractivity contribution >= 4 is 56.7 Å². The molecule has 0 spiro atoms. The van der Waals surface area contributed by atoms with Crippen LogP contribution in [0.3, 0.4) is 0 Å². The third-order valence-corrected chi connectivity index (χ3v) is 6.92. The van der Waals surface area contributed by atoms with Gasteiger partial charge < -0.3 is 9.47 Å². The molecule has 0 bridgehead atoms. The Bertz CT molecular complexity index is 1430. The van der Waals surface area contributed by atoms with Crippen molar-refractivity contribution < 1.29 is 14.3 Å². The molecule has 6 heteroatoms. The number of hydrogen-bond donors (Lipinski definition) is 0. The summed E-state index contributed by atoms with van der Waals surface area (Å²) >= 11 is 6.82. The highest BCUT2D eigenvalue weighted by molar-refractivity contribution is 8.27. The standard InChI is InChI=1S/C29H23NO3S2/c1-2-32-25-15-13-24(14-16-25)30-28(31)27(35-29(30)34)18-23-9-5-6-10-26(23)33-19-20-11-12-21-7-3-4-8-22(21)17-20/h3-18H,2,19H2,1H3/b27-18-. The van der Waals surface area contributed by atoms with Crippen LogP contribution in [0.25, 0.3) is 16.8 Å². The molecule has 0 N–H and O–H groups in total. The van der Waals surface area contributed by atoms with Crippen LogP contribution in [0.5, 0.6) is 11.5 Å². The lowest BCUT2D eigenvalue weighted by molar-refractivity contribution is -0.113. The van der Waals surface area contributed by atoms with Crippen molar-refractivity contribution in [2.24, 2.45) is 0 Å². The second-order valence-electron chi connectivity index (χ2n) is 7.95. The first-order valence-electron chi connectivity index (χ1n) is 11.3. The normalized spacial score (nSPS) is 14.7. The molecule has 1 amide bonds. The summed E-state index contributed by atoms with van der Waals surface area (Å²) in [6.07, 6.45) is 1.85. The third kappa shape index (κ3) is 5.09. The van der Waals surface area contributed by atoms with Gasteiger partial charge in [-0.2, -0.15) is 0 Å². The zero-order valence-corrected chi connectivity index (χ0v) is 20.8. The molecule has 1 saturated heterocycles. The number of carbonyl (C=O) groups excluding carboxylic acids is 1. The molecule has 4 aromatic carbocycles. The van der Waals surface area contributed by atoms with Crippen molar-refractivity contribution in [2.75, 3.05) is 11.5 Å². The van der Waals surface area contributed by atoms with Crippen LogP contribution in [-0.4, -0.2) is 16.8 Å². The fraction of sp³-hybridized carbons (Fsp3) is 0.103. The minimum Gasteiger partial charge on any atom is -0.494 e. The maximum Gasteiger partial charge on any atom is 0.270 e. The zero-order valence-electron chi connectivity index (χ0n) is 19.1. The largest absolute Gasteiger partial charge is 0.494 e. The topological polar surface area (TPSA) is 38.8 Å². The van der Waals surface area contributed by atoms with Gasteiger partial charge in [0, 0.05) is 5.56 Å². The quantitative estimate of drug-likeness (QED) is 0.199. The lowest BCUT2D eigenvalue weighted by Crippen LogP contribution is -2.27. The average Bonchev–Trinajstić information content (AvgIpc) is 3.16. The Labute approximate surface area is 214 Å². The minimum atomic E-state index is -0.145. The Hall–Kier alpha value is -3.61. The van der Waals surface area contributed by atoms with Gasteiger partial charge in [-0.1, -0.05) is 78.6 Å². The summed E-state index contributed by atoms with van der Waals surface area (Å²) in [5.74, 6) is 1.33. The van der Waals surface area contributed by atoms with Crippen molar-refractivity contribution in [1.29, 1.82) is 0 Å². The summed E-state index contributed by atoms with van der Waals surface area (Å²) in [6, 6.07) is 29.7. The molecule has 174 valence electrons. The van der Waals surface area contributed by atoms with E-state index in [1.54, 1.807) is 4.90 Å². The molecule has 0 saturated carbocycles. The van der Waals surface area contributed by atoms with Gasteiger partial charge in [0.15, 0.2) is 4.32 Å². The Balaban J connectivity index is 1.35. The fourth-order valence-electron chi connectivity index (χ4n) is 3.91. The molecule has 0 atom stereocenters. The van der Waals surface area contributed by atoms with E-state index in [2.05, 4.69) is 30.3 Å². The van der Waals surface area contributed by atoms with Crippen LogP contribution in [0.4, 0.5) is 5.69 Å². The molecule has 4 nitrogen and oxygen atoms in total. The van der Waals surface area contributed by atoms with Crippen molar-refractivity contribution in [3.63, 3.8) is 0 Å². The van der Waals surface area contributed by atoms with E-state index < -0.39 is 0 Å². The number of amides is 1.